The molecule has 0 fully saturated rings. The molecule has 1 atom stereocenters. The Labute approximate surface area is 124 Å². The molecule has 0 aromatic heterocycles. The van der Waals surface area contributed by atoms with Gasteiger partial charge in [0, 0.05) is 13.6 Å². The Kier molecular flexibility index (Phi) is 5.56. The second-order valence-corrected chi connectivity index (χ2v) is 6.85. The first-order valence-corrected chi connectivity index (χ1v) is 8.17. The minimum absolute atomic E-state index is 0.123. The van der Waals surface area contributed by atoms with Crippen molar-refractivity contribution in [1.82, 2.24) is 4.90 Å². The number of primary sulfonamides is 1. The van der Waals surface area contributed by atoms with Crippen LogP contribution in [0.1, 0.15) is 30.6 Å². The van der Waals surface area contributed by atoms with Gasteiger partial charge in [-0.05, 0) is 24.1 Å². The highest BCUT2D eigenvalue weighted by Crippen LogP contribution is 2.21. The van der Waals surface area contributed by atoms with E-state index in [2.05, 4.69) is 0 Å². The summed E-state index contributed by atoms with van der Waals surface area (Å²) in [6, 6.07) is 3.86. The molecule has 2 N–H and O–H groups in total. The standard InChI is InChI=1S/C13H19ClN2O3S/c1-4-9(2)8-16(3)13(17)11-7-10(20(15,18)19)5-6-12(11)14/h5-7,9H,4,8H2,1-3H3,(H2,15,18,19). The largest absolute Gasteiger partial charge is 0.341 e. The first kappa shape index (κ1) is 16.9. The predicted molar refractivity (Wildman–Crippen MR) is 79.2 cm³/mol. The van der Waals surface area contributed by atoms with Gasteiger partial charge < -0.3 is 4.90 Å². The van der Waals surface area contributed by atoms with E-state index in [4.69, 9.17) is 16.7 Å². The Hall–Kier alpha value is -1.11. The number of hydrogen-bond donors (Lipinski definition) is 1. The molecule has 0 saturated carbocycles. The third-order valence-electron chi connectivity index (χ3n) is 3.13. The van der Waals surface area contributed by atoms with Crippen molar-refractivity contribution < 1.29 is 13.2 Å². The molecule has 0 heterocycles. The predicted octanol–water partition coefficient (Wildman–Crippen LogP) is 2.11. The lowest BCUT2D eigenvalue weighted by Crippen LogP contribution is -2.31. The maximum Gasteiger partial charge on any atom is 0.255 e. The van der Waals surface area contributed by atoms with Gasteiger partial charge in [-0.3, -0.25) is 4.79 Å². The third kappa shape index (κ3) is 4.19. The van der Waals surface area contributed by atoms with Gasteiger partial charge in [0.25, 0.3) is 5.91 Å². The summed E-state index contributed by atoms with van der Waals surface area (Å²) in [5, 5.41) is 5.27. The van der Waals surface area contributed by atoms with Crippen LogP contribution in [0.15, 0.2) is 23.1 Å². The molecule has 0 radical (unpaired) electrons. The van der Waals surface area contributed by atoms with Gasteiger partial charge in [0.2, 0.25) is 10.0 Å². The molecule has 5 nitrogen and oxygen atoms in total. The van der Waals surface area contributed by atoms with Crippen molar-refractivity contribution >= 4 is 27.5 Å². The average molecular weight is 319 g/mol. The lowest BCUT2D eigenvalue weighted by Gasteiger charge is -2.21. The summed E-state index contributed by atoms with van der Waals surface area (Å²) in [6.45, 7) is 4.65. The van der Waals surface area contributed by atoms with E-state index in [1.807, 2.05) is 13.8 Å². The van der Waals surface area contributed by atoms with E-state index < -0.39 is 10.0 Å². The first-order valence-electron chi connectivity index (χ1n) is 6.24. The molecule has 1 rings (SSSR count). The van der Waals surface area contributed by atoms with Crippen LogP contribution < -0.4 is 5.14 Å². The Balaban J connectivity index is 3.09. The minimum atomic E-state index is -3.86. The number of rotatable bonds is 5. The van der Waals surface area contributed by atoms with Gasteiger partial charge in [0.15, 0.2) is 0 Å². The fraction of sp³-hybridized carbons (Fsp3) is 0.462. The topological polar surface area (TPSA) is 80.5 Å². The molecule has 112 valence electrons. The normalized spacial score (nSPS) is 13.1. The average Bonchev–Trinajstić information content (AvgIpc) is 2.36. The fourth-order valence-corrected chi connectivity index (χ4v) is 2.47. The monoisotopic (exact) mass is 318 g/mol. The first-order chi connectivity index (χ1) is 9.16. The third-order valence-corrected chi connectivity index (χ3v) is 4.37. The molecule has 1 unspecified atom stereocenters. The van der Waals surface area contributed by atoms with Gasteiger partial charge in [-0.15, -0.1) is 0 Å². The lowest BCUT2D eigenvalue weighted by atomic mass is 10.1. The van der Waals surface area contributed by atoms with Crippen molar-refractivity contribution in [3.05, 3.63) is 28.8 Å². The number of amides is 1. The fourth-order valence-electron chi connectivity index (χ4n) is 1.73. The molecule has 7 heteroatoms. The van der Waals surface area contributed by atoms with Crippen LogP contribution >= 0.6 is 11.6 Å². The van der Waals surface area contributed by atoms with Crippen molar-refractivity contribution in [3.8, 4) is 0 Å². The van der Waals surface area contributed by atoms with Gasteiger partial charge in [0.1, 0.15) is 0 Å². The van der Waals surface area contributed by atoms with Crippen LogP contribution in [0, 0.1) is 5.92 Å². The van der Waals surface area contributed by atoms with E-state index in [1.54, 1.807) is 7.05 Å². The quantitative estimate of drug-likeness (QED) is 0.902. The summed E-state index contributed by atoms with van der Waals surface area (Å²) >= 11 is 5.97. The van der Waals surface area contributed by atoms with Crippen LogP contribution in [0.5, 0.6) is 0 Å². The van der Waals surface area contributed by atoms with E-state index in [-0.39, 0.29) is 21.4 Å². The van der Waals surface area contributed by atoms with Crippen LogP contribution in [0.25, 0.3) is 0 Å². The molecule has 1 aromatic carbocycles. The molecule has 1 aromatic rings. The smallest absolute Gasteiger partial charge is 0.255 e. The molecule has 20 heavy (non-hydrogen) atoms. The number of nitrogens with zero attached hydrogens (tertiary/aromatic N) is 1. The van der Waals surface area contributed by atoms with Gasteiger partial charge in [-0.25, -0.2) is 13.6 Å². The van der Waals surface area contributed by atoms with Crippen molar-refractivity contribution in [1.29, 1.82) is 0 Å². The summed E-state index contributed by atoms with van der Waals surface area (Å²) in [4.78, 5) is 13.7. The lowest BCUT2D eigenvalue weighted by molar-refractivity contribution is 0.0775. The van der Waals surface area contributed by atoms with Gasteiger partial charge >= 0.3 is 0 Å². The minimum Gasteiger partial charge on any atom is -0.341 e. The van der Waals surface area contributed by atoms with Crippen LogP contribution in [-0.2, 0) is 10.0 Å². The summed E-state index contributed by atoms with van der Waals surface area (Å²) in [5.74, 6) is 0.0324. The summed E-state index contributed by atoms with van der Waals surface area (Å²) < 4.78 is 22.6. The molecular formula is C13H19ClN2O3S. The Morgan fingerprint density at radius 3 is 2.55 bits per heavy atom. The number of halogens is 1. The highest BCUT2D eigenvalue weighted by molar-refractivity contribution is 7.89. The number of benzene rings is 1. The maximum absolute atomic E-state index is 12.3. The Morgan fingerprint density at radius 2 is 2.05 bits per heavy atom. The zero-order valence-corrected chi connectivity index (χ0v) is 13.3. The van der Waals surface area contributed by atoms with Crippen molar-refractivity contribution in [2.75, 3.05) is 13.6 Å². The number of carbonyl (C=O) groups is 1. The highest BCUT2D eigenvalue weighted by Gasteiger charge is 2.19. The summed E-state index contributed by atoms with van der Waals surface area (Å²) in [7, 11) is -2.20. The molecule has 1 amide bonds. The van der Waals surface area contributed by atoms with Crippen LogP contribution in [-0.4, -0.2) is 32.8 Å². The van der Waals surface area contributed by atoms with Crippen LogP contribution in [0.2, 0.25) is 5.02 Å². The Bertz CT molecular complexity index is 602. The number of hydrogen-bond acceptors (Lipinski definition) is 3. The van der Waals surface area contributed by atoms with E-state index in [0.29, 0.717) is 12.5 Å². The second kappa shape index (κ2) is 6.56. The van der Waals surface area contributed by atoms with Crippen LogP contribution in [0.3, 0.4) is 0 Å². The zero-order valence-electron chi connectivity index (χ0n) is 11.8. The molecule has 0 bridgehead atoms. The Morgan fingerprint density at radius 1 is 1.45 bits per heavy atom. The number of carbonyl (C=O) groups excluding carboxylic acids is 1. The highest BCUT2D eigenvalue weighted by atomic mass is 35.5. The number of sulfonamides is 1. The molecule has 0 aliphatic rings. The second-order valence-electron chi connectivity index (χ2n) is 4.89. The molecule has 0 spiro atoms. The molecule has 0 aliphatic heterocycles. The van der Waals surface area contributed by atoms with E-state index in [0.717, 1.165) is 6.42 Å². The van der Waals surface area contributed by atoms with Crippen molar-refractivity contribution in [2.45, 2.75) is 25.2 Å². The summed E-state index contributed by atoms with van der Waals surface area (Å²) in [5.41, 5.74) is 0.143. The van der Waals surface area contributed by atoms with Crippen molar-refractivity contribution in [2.24, 2.45) is 11.1 Å². The maximum atomic E-state index is 12.3. The van der Waals surface area contributed by atoms with E-state index in [1.165, 1.54) is 23.1 Å². The number of nitrogens with two attached hydrogens (primary N) is 1. The van der Waals surface area contributed by atoms with E-state index >= 15 is 0 Å². The summed E-state index contributed by atoms with van der Waals surface area (Å²) in [6.07, 6.45) is 0.947. The van der Waals surface area contributed by atoms with E-state index in [9.17, 15) is 13.2 Å². The van der Waals surface area contributed by atoms with Crippen LogP contribution in [0.4, 0.5) is 0 Å². The SMILES string of the molecule is CCC(C)CN(C)C(=O)c1cc(S(N)(=O)=O)ccc1Cl. The van der Waals surface area contributed by atoms with Gasteiger partial charge in [0.05, 0.1) is 15.5 Å². The molecule has 0 aliphatic carbocycles. The molecular weight excluding hydrogens is 300 g/mol. The molecule has 0 saturated heterocycles. The zero-order chi connectivity index (χ0) is 15.5. The van der Waals surface area contributed by atoms with Gasteiger partial charge in [-0.1, -0.05) is 31.9 Å². The van der Waals surface area contributed by atoms with Gasteiger partial charge in [-0.2, -0.15) is 0 Å². The van der Waals surface area contributed by atoms with Crippen molar-refractivity contribution in [3.63, 3.8) is 0 Å².